The molecule has 0 radical (unpaired) electrons. The van der Waals surface area contributed by atoms with Gasteiger partial charge in [-0.05, 0) is 37.0 Å². The van der Waals surface area contributed by atoms with Crippen molar-refractivity contribution in [1.82, 2.24) is 10.3 Å². The van der Waals surface area contributed by atoms with Crippen molar-refractivity contribution >= 4 is 23.0 Å². The number of hydrogen-bond acceptors (Lipinski definition) is 5. The van der Waals surface area contributed by atoms with Crippen LogP contribution in [0.5, 0.6) is 0 Å². The summed E-state index contributed by atoms with van der Waals surface area (Å²) in [5.41, 5.74) is 2.84. The summed E-state index contributed by atoms with van der Waals surface area (Å²) in [5.74, 6) is 0.200. The van der Waals surface area contributed by atoms with Gasteiger partial charge >= 0.3 is 0 Å². The fourth-order valence-electron chi connectivity index (χ4n) is 3.62. The number of nitrogens with zero attached hydrogens (tertiary/aromatic N) is 2. The molecule has 2 heterocycles. The van der Waals surface area contributed by atoms with E-state index in [1.54, 1.807) is 0 Å². The lowest BCUT2D eigenvalue weighted by Gasteiger charge is -2.30. The van der Waals surface area contributed by atoms with Crippen molar-refractivity contribution < 1.29 is 13.9 Å². The van der Waals surface area contributed by atoms with E-state index in [0.717, 1.165) is 43.5 Å². The third kappa shape index (κ3) is 5.15. The highest BCUT2D eigenvalue weighted by Crippen LogP contribution is 2.26. The number of para-hydroxylation sites is 2. The van der Waals surface area contributed by atoms with Crippen molar-refractivity contribution in [1.29, 1.82) is 0 Å². The lowest BCUT2D eigenvalue weighted by molar-refractivity contribution is -0.125. The highest BCUT2D eigenvalue weighted by Gasteiger charge is 2.26. The molecule has 6 nitrogen and oxygen atoms in total. The van der Waals surface area contributed by atoms with Gasteiger partial charge in [-0.25, -0.2) is 0 Å². The minimum Gasteiger partial charge on any atom is -0.423 e. The van der Waals surface area contributed by atoms with Crippen LogP contribution in [0.2, 0.25) is 0 Å². The first-order valence-corrected chi connectivity index (χ1v) is 10.3. The Morgan fingerprint density at radius 3 is 2.66 bits per heavy atom. The molecule has 1 fully saturated rings. The summed E-state index contributed by atoms with van der Waals surface area (Å²) in [6.07, 6.45) is 2.45. The Balaban J connectivity index is 1.14. The molecular weight excluding hydrogens is 366 g/mol. The van der Waals surface area contributed by atoms with Crippen LogP contribution in [-0.4, -0.2) is 37.1 Å². The van der Waals surface area contributed by atoms with Crippen LogP contribution in [0, 0.1) is 5.92 Å². The van der Waals surface area contributed by atoms with Gasteiger partial charge in [0.1, 0.15) is 5.52 Å². The van der Waals surface area contributed by atoms with E-state index in [0.29, 0.717) is 25.8 Å². The maximum Gasteiger partial charge on any atom is 0.298 e. The third-order valence-electron chi connectivity index (χ3n) is 5.30. The molecule has 1 saturated heterocycles. The lowest BCUT2D eigenvalue weighted by atomic mass is 9.96. The van der Waals surface area contributed by atoms with Crippen LogP contribution in [0.25, 0.3) is 11.1 Å². The van der Waals surface area contributed by atoms with Gasteiger partial charge in [0.25, 0.3) is 6.01 Å². The first kappa shape index (κ1) is 19.5. The van der Waals surface area contributed by atoms with Crippen LogP contribution in [0.3, 0.4) is 0 Å². The standard InChI is InChI=1S/C23H27N3O3/c27-22(24-13-6-16-28-17-18-7-2-1-3-8-18)19-11-14-26(15-12-19)23-25-20-9-4-5-10-21(20)29-23/h1-5,7-10,19H,6,11-17H2,(H,24,27). The SMILES string of the molecule is O=C(NCCCOCc1ccccc1)C1CCN(c2nc3ccccc3o2)CC1. The number of carbonyl (C=O) groups is 1. The number of carbonyl (C=O) groups excluding carboxylic acids is 1. The Labute approximate surface area is 170 Å². The van der Waals surface area contributed by atoms with Crippen LogP contribution >= 0.6 is 0 Å². The summed E-state index contributed by atoms with van der Waals surface area (Å²) in [4.78, 5) is 19.1. The third-order valence-corrected chi connectivity index (χ3v) is 5.30. The summed E-state index contributed by atoms with van der Waals surface area (Å²) in [6.45, 7) is 3.48. The molecule has 0 unspecified atom stereocenters. The monoisotopic (exact) mass is 393 g/mol. The van der Waals surface area contributed by atoms with Gasteiger partial charge < -0.3 is 19.4 Å². The number of rotatable bonds is 8. The predicted molar refractivity (Wildman–Crippen MR) is 113 cm³/mol. The Hall–Kier alpha value is -2.86. The van der Waals surface area contributed by atoms with Gasteiger partial charge in [0.05, 0.1) is 6.61 Å². The molecule has 0 bridgehead atoms. The van der Waals surface area contributed by atoms with Gasteiger partial charge in [0.15, 0.2) is 5.58 Å². The molecule has 6 heteroatoms. The van der Waals surface area contributed by atoms with E-state index >= 15 is 0 Å². The van der Waals surface area contributed by atoms with Crippen LogP contribution in [0.1, 0.15) is 24.8 Å². The maximum atomic E-state index is 12.4. The minimum atomic E-state index is 0.0564. The molecular formula is C23H27N3O3. The number of fused-ring (bicyclic) bond motifs is 1. The normalized spacial score (nSPS) is 15.0. The molecule has 0 aliphatic carbocycles. The second kappa shape index (κ2) is 9.56. The number of aromatic nitrogens is 1. The molecule has 4 rings (SSSR count). The molecule has 1 aromatic heterocycles. The second-order valence-corrected chi connectivity index (χ2v) is 7.41. The average Bonchev–Trinajstić information content (AvgIpc) is 3.21. The molecule has 2 aromatic carbocycles. The van der Waals surface area contributed by atoms with Crippen molar-refractivity contribution in [3.63, 3.8) is 0 Å². The average molecular weight is 393 g/mol. The molecule has 0 atom stereocenters. The zero-order chi connectivity index (χ0) is 19.9. The number of benzene rings is 2. The second-order valence-electron chi connectivity index (χ2n) is 7.41. The molecule has 1 aliphatic rings. The smallest absolute Gasteiger partial charge is 0.298 e. The van der Waals surface area contributed by atoms with Gasteiger partial charge in [0.2, 0.25) is 5.91 Å². The topological polar surface area (TPSA) is 67.6 Å². The van der Waals surface area contributed by atoms with Gasteiger partial charge in [-0.1, -0.05) is 42.5 Å². The summed E-state index contributed by atoms with van der Waals surface area (Å²) in [6, 6.07) is 18.5. The molecule has 3 aromatic rings. The molecule has 0 spiro atoms. The largest absolute Gasteiger partial charge is 0.423 e. The zero-order valence-corrected chi connectivity index (χ0v) is 16.5. The van der Waals surface area contributed by atoms with E-state index in [1.807, 2.05) is 42.5 Å². The summed E-state index contributed by atoms with van der Waals surface area (Å²) in [7, 11) is 0. The van der Waals surface area contributed by atoms with E-state index in [4.69, 9.17) is 9.15 Å². The van der Waals surface area contributed by atoms with E-state index < -0.39 is 0 Å². The van der Waals surface area contributed by atoms with Gasteiger partial charge in [-0.3, -0.25) is 4.79 Å². The predicted octanol–water partition coefficient (Wildman–Crippen LogP) is 3.77. The number of ether oxygens (including phenoxy) is 1. The molecule has 1 aliphatic heterocycles. The number of piperidine rings is 1. The van der Waals surface area contributed by atoms with E-state index in [1.165, 1.54) is 5.56 Å². The number of hydrogen-bond donors (Lipinski definition) is 1. The zero-order valence-electron chi connectivity index (χ0n) is 16.5. The molecule has 1 N–H and O–H groups in total. The Bertz CT molecular complexity index is 884. The number of oxazole rings is 1. The van der Waals surface area contributed by atoms with Gasteiger partial charge in [-0.2, -0.15) is 4.98 Å². The van der Waals surface area contributed by atoms with Crippen LogP contribution in [-0.2, 0) is 16.1 Å². The number of nitrogens with one attached hydrogen (secondary N) is 1. The molecule has 1 amide bonds. The first-order chi connectivity index (χ1) is 14.3. The van der Waals surface area contributed by atoms with Crippen molar-refractivity contribution in [2.75, 3.05) is 31.1 Å². The van der Waals surface area contributed by atoms with Crippen LogP contribution in [0.4, 0.5) is 6.01 Å². The highest BCUT2D eigenvalue weighted by molar-refractivity contribution is 5.79. The summed E-state index contributed by atoms with van der Waals surface area (Å²) >= 11 is 0. The van der Waals surface area contributed by atoms with E-state index in [-0.39, 0.29) is 11.8 Å². The summed E-state index contributed by atoms with van der Waals surface area (Å²) in [5, 5.41) is 3.05. The molecule has 0 saturated carbocycles. The number of amides is 1. The van der Waals surface area contributed by atoms with Crippen molar-refractivity contribution in [3.05, 3.63) is 60.2 Å². The van der Waals surface area contributed by atoms with Gasteiger partial charge in [-0.15, -0.1) is 0 Å². The van der Waals surface area contributed by atoms with Crippen molar-refractivity contribution in [2.24, 2.45) is 5.92 Å². The van der Waals surface area contributed by atoms with Crippen molar-refractivity contribution in [3.8, 4) is 0 Å². The maximum absolute atomic E-state index is 12.4. The van der Waals surface area contributed by atoms with Crippen molar-refractivity contribution in [2.45, 2.75) is 25.9 Å². The Morgan fingerprint density at radius 2 is 1.86 bits per heavy atom. The fourth-order valence-corrected chi connectivity index (χ4v) is 3.62. The Morgan fingerprint density at radius 1 is 1.10 bits per heavy atom. The van der Waals surface area contributed by atoms with Crippen LogP contribution in [0.15, 0.2) is 59.0 Å². The lowest BCUT2D eigenvalue weighted by Crippen LogP contribution is -2.41. The van der Waals surface area contributed by atoms with E-state index in [9.17, 15) is 4.79 Å². The molecule has 29 heavy (non-hydrogen) atoms. The minimum absolute atomic E-state index is 0.0564. The number of anilines is 1. The first-order valence-electron chi connectivity index (χ1n) is 10.3. The van der Waals surface area contributed by atoms with E-state index in [2.05, 4.69) is 27.3 Å². The molecule has 152 valence electrons. The quantitative estimate of drug-likeness (QED) is 0.590. The highest BCUT2D eigenvalue weighted by atomic mass is 16.5. The van der Waals surface area contributed by atoms with Gasteiger partial charge in [0, 0.05) is 32.2 Å². The fraction of sp³-hybridized carbons (Fsp3) is 0.391. The summed E-state index contributed by atoms with van der Waals surface area (Å²) < 4.78 is 11.5. The Kier molecular flexibility index (Phi) is 6.42. The van der Waals surface area contributed by atoms with Crippen LogP contribution < -0.4 is 10.2 Å².